The molecule has 0 aliphatic rings. The Kier molecular flexibility index (Phi) is 3.72. The number of carbonyl (C=O) groups excluding carboxylic acids is 1. The zero-order valence-corrected chi connectivity index (χ0v) is 10.6. The number of hydrogen-bond acceptors (Lipinski definition) is 3. The fraction of sp³-hybridized carbons (Fsp3) is 0.200. The molecule has 0 unspecified atom stereocenters. The summed E-state index contributed by atoms with van der Waals surface area (Å²) in [5.41, 5.74) is 1.91. The Hall–Kier alpha value is -2.16. The molecule has 1 heterocycles. The van der Waals surface area contributed by atoms with Crippen molar-refractivity contribution < 1.29 is 4.79 Å². The third-order valence-electron chi connectivity index (χ3n) is 2.81. The predicted molar refractivity (Wildman–Crippen MR) is 72.8 cm³/mol. The van der Waals surface area contributed by atoms with E-state index in [2.05, 4.69) is 17.1 Å². The van der Waals surface area contributed by atoms with Gasteiger partial charge in [0.2, 0.25) is 0 Å². The number of hydrogen-bond donors (Lipinski definition) is 0. The van der Waals surface area contributed by atoms with Crippen LogP contribution in [0.1, 0.15) is 22.8 Å². The van der Waals surface area contributed by atoms with E-state index in [-0.39, 0.29) is 5.78 Å². The molecule has 0 aliphatic carbocycles. The monoisotopic (exact) mass is 240 g/mol. The SMILES string of the molecule is CC(=O)c1ccnc(N(C)Cc2ccccc2)c1. The Balaban J connectivity index is 2.16. The molecule has 0 saturated heterocycles. The average Bonchev–Trinajstić information content (AvgIpc) is 2.40. The van der Waals surface area contributed by atoms with Crippen LogP contribution in [-0.2, 0) is 6.54 Å². The zero-order valence-electron chi connectivity index (χ0n) is 10.6. The van der Waals surface area contributed by atoms with Crippen molar-refractivity contribution in [1.82, 2.24) is 4.98 Å². The number of pyridine rings is 1. The van der Waals surface area contributed by atoms with Crippen molar-refractivity contribution in [2.24, 2.45) is 0 Å². The van der Waals surface area contributed by atoms with Gasteiger partial charge in [0.15, 0.2) is 5.78 Å². The van der Waals surface area contributed by atoms with Crippen molar-refractivity contribution in [1.29, 1.82) is 0 Å². The maximum absolute atomic E-state index is 11.3. The summed E-state index contributed by atoms with van der Waals surface area (Å²) in [7, 11) is 1.97. The van der Waals surface area contributed by atoms with E-state index in [1.165, 1.54) is 5.56 Å². The molecule has 0 atom stereocenters. The summed E-state index contributed by atoms with van der Waals surface area (Å²) in [5.74, 6) is 0.873. The minimum Gasteiger partial charge on any atom is -0.355 e. The average molecular weight is 240 g/mol. The summed E-state index contributed by atoms with van der Waals surface area (Å²) in [6.07, 6.45) is 1.67. The van der Waals surface area contributed by atoms with Crippen LogP contribution < -0.4 is 4.90 Å². The third kappa shape index (κ3) is 2.94. The van der Waals surface area contributed by atoms with Crippen molar-refractivity contribution in [3.8, 4) is 0 Å². The Labute approximate surface area is 107 Å². The topological polar surface area (TPSA) is 33.2 Å². The maximum atomic E-state index is 11.3. The molecular formula is C15H16N2O. The number of aromatic nitrogens is 1. The minimum atomic E-state index is 0.0618. The van der Waals surface area contributed by atoms with Crippen LogP contribution in [0.4, 0.5) is 5.82 Å². The van der Waals surface area contributed by atoms with E-state index < -0.39 is 0 Å². The van der Waals surface area contributed by atoms with Crippen LogP contribution in [0.2, 0.25) is 0 Å². The van der Waals surface area contributed by atoms with Crippen LogP contribution in [0, 0.1) is 0 Å². The number of ketones is 1. The van der Waals surface area contributed by atoms with Crippen molar-refractivity contribution >= 4 is 11.6 Å². The highest BCUT2D eigenvalue weighted by Gasteiger charge is 2.06. The van der Waals surface area contributed by atoms with Crippen molar-refractivity contribution in [3.05, 3.63) is 59.8 Å². The standard InChI is InChI=1S/C15H16N2O/c1-12(18)14-8-9-16-15(10-14)17(2)11-13-6-4-3-5-7-13/h3-10H,11H2,1-2H3. The van der Waals surface area contributed by atoms with Gasteiger partial charge in [-0.05, 0) is 24.6 Å². The lowest BCUT2D eigenvalue weighted by molar-refractivity contribution is 0.101. The second kappa shape index (κ2) is 5.45. The lowest BCUT2D eigenvalue weighted by Crippen LogP contribution is -2.17. The second-order valence-electron chi connectivity index (χ2n) is 4.30. The molecule has 0 fully saturated rings. The number of rotatable bonds is 4. The minimum absolute atomic E-state index is 0.0618. The third-order valence-corrected chi connectivity index (χ3v) is 2.81. The van der Waals surface area contributed by atoms with Gasteiger partial charge in [-0.3, -0.25) is 4.79 Å². The van der Waals surface area contributed by atoms with Crippen molar-refractivity contribution in [3.63, 3.8) is 0 Å². The summed E-state index contributed by atoms with van der Waals surface area (Å²) in [6, 6.07) is 13.7. The molecule has 3 heteroatoms. The van der Waals surface area contributed by atoms with E-state index in [9.17, 15) is 4.79 Å². The summed E-state index contributed by atoms with van der Waals surface area (Å²) in [6.45, 7) is 2.34. The lowest BCUT2D eigenvalue weighted by Gasteiger charge is -2.18. The van der Waals surface area contributed by atoms with Crippen LogP contribution in [0.15, 0.2) is 48.7 Å². The highest BCUT2D eigenvalue weighted by molar-refractivity contribution is 5.94. The molecular weight excluding hydrogens is 224 g/mol. The van der Waals surface area contributed by atoms with Gasteiger partial charge in [0.05, 0.1) is 0 Å². The van der Waals surface area contributed by atoms with Gasteiger partial charge in [0.1, 0.15) is 5.82 Å². The summed E-state index contributed by atoms with van der Waals surface area (Å²) >= 11 is 0. The maximum Gasteiger partial charge on any atom is 0.159 e. The molecule has 0 saturated carbocycles. The summed E-state index contributed by atoms with van der Waals surface area (Å²) < 4.78 is 0. The van der Waals surface area contributed by atoms with E-state index in [4.69, 9.17) is 0 Å². The summed E-state index contributed by atoms with van der Waals surface area (Å²) in [5, 5.41) is 0. The normalized spacial score (nSPS) is 10.1. The predicted octanol–water partition coefficient (Wildman–Crippen LogP) is 2.92. The fourth-order valence-corrected chi connectivity index (χ4v) is 1.78. The van der Waals surface area contributed by atoms with Gasteiger partial charge >= 0.3 is 0 Å². The summed E-state index contributed by atoms with van der Waals surface area (Å²) in [4.78, 5) is 17.7. The first-order valence-corrected chi connectivity index (χ1v) is 5.89. The lowest BCUT2D eigenvalue weighted by atomic mass is 10.2. The van der Waals surface area contributed by atoms with Gasteiger partial charge in [-0.1, -0.05) is 30.3 Å². The van der Waals surface area contributed by atoms with E-state index in [1.807, 2.05) is 36.2 Å². The van der Waals surface area contributed by atoms with Crippen LogP contribution in [0.25, 0.3) is 0 Å². The Bertz CT molecular complexity index is 537. The van der Waals surface area contributed by atoms with E-state index in [0.717, 1.165) is 12.4 Å². The molecule has 0 aliphatic heterocycles. The number of benzene rings is 1. The Morgan fingerprint density at radius 2 is 1.94 bits per heavy atom. The van der Waals surface area contributed by atoms with E-state index in [0.29, 0.717) is 5.56 Å². The van der Waals surface area contributed by atoms with Gasteiger partial charge in [-0.2, -0.15) is 0 Å². The van der Waals surface area contributed by atoms with Crippen LogP contribution in [-0.4, -0.2) is 17.8 Å². The fourth-order valence-electron chi connectivity index (χ4n) is 1.78. The van der Waals surface area contributed by atoms with Gasteiger partial charge < -0.3 is 4.90 Å². The smallest absolute Gasteiger partial charge is 0.159 e. The number of nitrogens with zero attached hydrogens (tertiary/aromatic N) is 2. The first kappa shape index (κ1) is 12.3. The molecule has 92 valence electrons. The van der Waals surface area contributed by atoms with Gasteiger partial charge in [0, 0.05) is 25.4 Å². The first-order chi connectivity index (χ1) is 8.66. The number of anilines is 1. The molecule has 0 bridgehead atoms. The van der Waals surface area contributed by atoms with Crippen molar-refractivity contribution in [2.45, 2.75) is 13.5 Å². The molecule has 0 N–H and O–H groups in total. The van der Waals surface area contributed by atoms with Gasteiger partial charge in [0.25, 0.3) is 0 Å². The molecule has 0 radical (unpaired) electrons. The first-order valence-electron chi connectivity index (χ1n) is 5.89. The van der Waals surface area contributed by atoms with E-state index >= 15 is 0 Å². The molecule has 1 aromatic carbocycles. The van der Waals surface area contributed by atoms with Gasteiger partial charge in [-0.15, -0.1) is 0 Å². The molecule has 2 rings (SSSR count). The quantitative estimate of drug-likeness (QED) is 0.770. The van der Waals surface area contributed by atoms with Crippen LogP contribution in [0.5, 0.6) is 0 Å². The van der Waals surface area contributed by atoms with Crippen LogP contribution in [0.3, 0.4) is 0 Å². The largest absolute Gasteiger partial charge is 0.355 e. The molecule has 3 nitrogen and oxygen atoms in total. The molecule has 1 aromatic heterocycles. The van der Waals surface area contributed by atoms with Gasteiger partial charge in [-0.25, -0.2) is 4.98 Å². The molecule has 2 aromatic rings. The van der Waals surface area contributed by atoms with Crippen LogP contribution >= 0.6 is 0 Å². The van der Waals surface area contributed by atoms with Crippen molar-refractivity contribution in [2.75, 3.05) is 11.9 Å². The number of carbonyl (C=O) groups is 1. The van der Waals surface area contributed by atoms with E-state index in [1.54, 1.807) is 19.2 Å². The molecule has 18 heavy (non-hydrogen) atoms. The number of Topliss-reactive ketones (excluding diaryl/α,β-unsaturated/α-hetero) is 1. The Morgan fingerprint density at radius 3 is 2.61 bits per heavy atom. The molecule has 0 spiro atoms. The highest BCUT2D eigenvalue weighted by Crippen LogP contribution is 2.14. The highest BCUT2D eigenvalue weighted by atomic mass is 16.1. The Morgan fingerprint density at radius 1 is 1.22 bits per heavy atom. The second-order valence-corrected chi connectivity index (χ2v) is 4.30. The molecule has 0 amide bonds. The zero-order chi connectivity index (χ0) is 13.0.